The van der Waals surface area contributed by atoms with Crippen LogP contribution in [0.4, 0.5) is 10.1 Å². The van der Waals surface area contributed by atoms with Crippen molar-refractivity contribution in [3.05, 3.63) is 63.7 Å². The van der Waals surface area contributed by atoms with Gasteiger partial charge in [-0.2, -0.15) is 4.39 Å². The van der Waals surface area contributed by atoms with Crippen molar-refractivity contribution in [3.63, 3.8) is 0 Å². The van der Waals surface area contributed by atoms with Gasteiger partial charge in [-0.05, 0) is 29.8 Å². The number of carbonyl (C=O) groups is 1. The number of hydrogen-bond acceptors (Lipinski definition) is 5. The number of ether oxygens (including phenoxy) is 1. The topological polar surface area (TPSA) is 103 Å². The normalized spacial score (nSPS) is 10.1. The molecule has 0 aliphatic carbocycles. The van der Waals surface area contributed by atoms with E-state index in [9.17, 15) is 19.3 Å². The van der Waals surface area contributed by atoms with Gasteiger partial charge in [-0.25, -0.2) is 9.78 Å². The molecule has 2 aromatic rings. The molecule has 0 amide bonds. The third kappa shape index (κ3) is 3.50. The van der Waals surface area contributed by atoms with E-state index in [1.54, 1.807) is 0 Å². The second-order valence-electron chi connectivity index (χ2n) is 4.02. The summed E-state index contributed by atoms with van der Waals surface area (Å²) in [6.45, 7) is -0.0248. The summed E-state index contributed by atoms with van der Waals surface area (Å²) in [4.78, 5) is 23.9. The van der Waals surface area contributed by atoms with Crippen LogP contribution in [0.1, 0.15) is 16.1 Å². The zero-order valence-electron chi connectivity index (χ0n) is 10.5. The van der Waals surface area contributed by atoms with Gasteiger partial charge in [0.1, 0.15) is 18.1 Å². The van der Waals surface area contributed by atoms with Crippen molar-refractivity contribution in [1.29, 1.82) is 0 Å². The second-order valence-corrected chi connectivity index (χ2v) is 4.02. The highest BCUT2D eigenvalue weighted by Gasteiger charge is 2.13. The largest absolute Gasteiger partial charge is 0.487 e. The Morgan fingerprint density at radius 1 is 1.38 bits per heavy atom. The number of carboxylic acid groups (broad SMARTS) is 1. The number of aromatic carboxylic acids is 1. The fourth-order valence-corrected chi connectivity index (χ4v) is 1.55. The predicted octanol–water partition coefficient (Wildman–Crippen LogP) is 2.41. The van der Waals surface area contributed by atoms with E-state index in [1.807, 2.05) is 0 Å². The van der Waals surface area contributed by atoms with Gasteiger partial charge in [0.15, 0.2) is 0 Å². The zero-order chi connectivity index (χ0) is 15.4. The van der Waals surface area contributed by atoms with Crippen molar-refractivity contribution in [2.24, 2.45) is 0 Å². The predicted molar refractivity (Wildman–Crippen MR) is 68.6 cm³/mol. The highest BCUT2D eigenvalue weighted by atomic mass is 19.1. The number of benzene rings is 1. The van der Waals surface area contributed by atoms with Crippen LogP contribution < -0.4 is 4.74 Å². The first-order chi connectivity index (χ1) is 9.97. The van der Waals surface area contributed by atoms with Crippen LogP contribution in [0.3, 0.4) is 0 Å². The van der Waals surface area contributed by atoms with Crippen LogP contribution >= 0.6 is 0 Å². The first-order valence-corrected chi connectivity index (χ1v) is 5.72. The van der Waals surface area contributed by atoms with Crippen molar-refractivity contribution in [1.82, 2.24) is 4.98 Å². The molecular weight excluding hydrogens is 283 g/mol. The molecule has 1 aromatic carbocycles. The lowest BCUT2D eigenvalue weighted by atomic mass is 10.2. The summed E-state index contributed by atoms with van der Waals surface area (Å²) in [7, 11) is 0. The Kier molecular flexibility index (Phi) is 4.07. The maximum Gasteiger partial charge on any atom is 0.354 e. The van der Waals surface area contributed by atoms with E-state index in [1.165, 1.54) is 24.4 Å². The van der Waals surface area contributed by atoms with Crippen molar-refractivity contribution < 1.29 is 24.0 Å². The highest BCUT2D eigenvalue weighted by Crippen LogP contribution is 2.19. The van der Waals surface area contributed by atoms with E-state index in [0.29, 0.717) is 11.3 Å². The van der Waals surface area contributed by atoms with Gasteiger partial charge < -0.3 is 9.84 Å². The summed E-state index contributed by atoms with van der Waals surface area (Å²) >= 11 is 0. The average molecular weight is 292 g/mol. The maximum atomic E-state index is 13.4. The van der Waals surface area contributed by atoms with E-state index in [-0.39, 0.29) is 12.3 Å². The van der Waals surface area contributed by atoms with Crippen molar-refractivity contribution >= 4 is 11.7 Å². The van der Waals surface area contributed by atoms with Gasteiger partial charge in [-0.3, -0.25) is 10.1 Å². The lowest BCUT2D eigenvalue weighted by Crippen LogP contribution is -2.01. The van der Waals surface area contributed by atoms with E-state index < -0.39 is 22.4 Å². The van der Waals surface area contributed by atoms with Crippen LogP contribution in [0.15, 0.2) is 36.5 Å². The monoisotopic (exact) mass is 292 g/mol. The Morgan fingerprint density at radius 2 is 2.14 bits per heavy atom. The molecular formula is C13H9FN2O5. The van der Waals surface area contributed by atoms with Gasteiger partial charge >= 0.3 is 11.7 Å². The van der Waals surface area contributed by atoms with Crippen LogP contribution in [-0.2, 0) is 6.61 Å². The quantitative estimate of drug-likeness (QED) is 0.670. The third-order valence-electron chi connectivity index (χ3n) is 2.57. The summed E-state index contributed by atoms with van der Waals surface area (Å²) in [5, 5.41) is 19.2. The van der Waals surface area contributed by atoms with Gasteiger partial charge in [0.2, 0.25) is 5.82 Å². The average Bonchev–Trinajstić information content (AvgIpc) is 2.45. The highest BCUT2D eigenvalue weighted by molar-refractivity contribution is 5.85. The van der Waals surface area contributed by atoms with Crippen molar-refractivity contribution in [2.75, 3.05) is 0 Å². The molecule has 2 rings (SSSR count). The third-order valence-corrected chi connectivity index (χ3v) is 2.57. The lowest BCUT2D eigenvalue weighted by Gasteiger charge is -2.06. The molecule has 1 heterocycles. The molecule has 0 bridgehead atoms. The van der Waals surface area contributed by atoms with Gasteiger partial charge in [0.05, 0.1) is 11.1 Å². The van der Waals surface area contributed by atoms with Crippen LogP contribution in [0, 0.1) is 15.9 Å². The number of hydrogen-bond donors (Lipinski definition) is 1. The van der Waals surface area contributed by atoms with Crippen molar-refractivity contribution in [2.45, 2.75) is 6.61 Å². The molecule has 0 spiro atoms. The van der Waals surface area contributed by atoms with Gasteiger partial charge in [0, 0.05) is 6.07 Å². The molecule has 0 radical (unpaired) electrons. The number of aromatic nitrogens is 1. The van der Waals surface area contributed by atoms with E-state index >= 15 is 0 Å². The zero-order valence-corrected chi connectivity index (χ0v) is 10.5. The SMILES string of the molecule is O=C(O)c1ccc(OCc2ccc([N+](=O)[O-])c(F)c2)cn1. The summed E-state index contributed by atoms with van der Waals surface area (Å²) < 4.78 is 18.7. The number of nitro benzene ring substituents is 1. The molecule has 0 aliphatic rings. The molecule has 1 N–H and O–H groups in total. The van der Waals surface area contributed by atoms with Gasteiger partial charge in [-0.1, -0.05) is 0 Å². The Hall–Kier alpha value is -3.03. The molecule has 0 aliphatic heterocycles. The summed E-state index contributed by atoms with van der Waals surface area (Å²) in [5.74, 6) is -1.79. The van der Waals surface area contributed by atoms with E-state index in [0.717, 1.165) is 12.1 Å². The Labute approximate surface area is 117 Å². The standard InChI is InChI=1S/C13H9FN2O5/c14-10-5-8(1-4-12(10)16(19)20)7-21-9-2-3-11(13(17)18)15-6-9/h1-6H,7H2,(H,17,18). The number of nitro groups is 1. The summed E-state index contributed by atoms with van der Waals surface area (Å²) in [6.07, 6.45) is 1.23. The fraction of sp³-hybridized carbons (Fsp3) is 0.0769. The molecule has 0 saturated heterocycles. The number of pyridine rings is 1. The number of carboxylic acids is 1. The molecule has 0 fully saturated rings. The number of nitrogens with zero attached hydrogens (tertiary/aromatic N) is 2. The minimum absolute atomic E-state index is 0.0248. The van der Waals surface area contributed by atoms with E-state index in [4.69, 9.17) is 9.84 Å². The first-order valence-electron chi connectivity index (χ1n) is 5.72. The molecule has 1 aromatic heterocycles. The smallest absolute Gasteiger partial charge is 0.354 e. The molecule has 0 saturated carbocycles. The maximum absolute atomic E-state index is 13.4. The number of rotatable bonds is 5. The molecule has 7 nitrogen and oxygen atoms in total. The van der Waals surface area contributed by atoms with Gasteiger partial charge in [-0.15, -0.1) is 0 Å². The summed E-state index contributed by atoms with van der Waals surface area (Å²) in [6, 6.07) is 6.13. The van der Waals surface area contributed by atoms with Crippen LogP contribution in [0.2, 0.25) is 0 Å². The van der Waals surface area contributed by atoms with Gasteiger partial charge in [0.25, 0.3) is 0 Å². The second kappa shape index (κ2) is 5.95. The molecule has 8 heteroatoms. The molecule has 0 atom stereocenters. The van der Waals surface area contributed by atoms with E-state index in [2.05, 4.69) is 4.98 Å². The fourth-order valence-electron chi connectivity index (χ4n) is 1.55. The minimum atomic E-state index is -1.15. The Morgan fingerprint density at radius 3 is 2.67 bits per heavy atom. The van der Waals surface area contributed by atoms with Crippen LogP contribution in [0.25, 0.3) is 0 Å². The van der Waals surface area contributed by atoms with Crippen molar-refractivity contribution in [3.8, 4) is 5.75 Å². The molecule has 21 heavy (non-hydrogen) atoms. The minimum Gasteiger partial charge on any atom is -0.487 e. The lowest BCUT2D eigenvalue weighted by molar-refractivity contribution is -0.387. The Balaban J connectivity index is 2.04. The van der Waals surface area contributed by atoms with Crippen LogP contribution in [-0.4, -0.2) is 21.0 Å². The Bertz CT molecular complexity index is 687. The number of halogens is 1. The molecule has 108 valence electrons. The van der Waals surface area contributed by atoms with Crippen LogP contribution in [0.5, 0.6) is 5.75 Å². The first kappa shape index (κ1) is 14.4. The molecule has 0 unspecified atom stereocenters. The summed E-state index contributed by atoms with van der Waals surface area (Å²) in [5.41, 5.74) is -0.324.